The van der Waals surface area contributed by atoms with Gasteiger partial charge in [0.05, 0.1) is 18.2 Å². The maximum Gasteiger partial charge on any atom is 0.252 e. The third-order valence-electron chi connectivity index (χ3n) is 7.01. The number of hydrogen-bond acceptors (Lipinski definition) is 5. The average Bonchev–Trinajstić information content (AvgIpc) is 2.91. The molecule has 0 aliphatic rings. The summed E-state index contributed by atoms with van der Waals surface area (Å²) in [6, 6.07) is 23.4. The fraction of sp³-hybridized carbons (Fsp3) is 0.394. The maximum atomic E-state index is 13.3. The van der Waals surface area contributed by atoms with Gasteiger partial charge in [0.2, 0.25) is 5.91 Å². The van der Waals surface area contributed by atoms with E-state index in [-0.39, 0.29) is 23.1 Å². The number of rotatable bonds is 12. The van der Waals surface area contributed by atoms with Gasteiger partial charge in [-0.2, -0.15) is 0 Å². The molecule has 3 aromatic carbocycles. The normalized spacial score (nSPS) is 13.9. The van der Waals surface area contributed by atoms with Crippen molar-refractivity contribution in [1.82, 2.24) is 15.5 Å². The van der Waals surface area contributed by atoms with E-state index in [2.05, 4.69) is 10.6 Å². The van der Waals surface area contributed by atoms with Gasteiger partial charge in [0, 0.05) is 23.2 Å². The van der Waals surface area contributed by atoms with Crippen molar-refractivity contribution in [2.75, 3.05) is 13.6 Å². The van der Waals surface area contributed by atoms with Crippen molar-refractivity contribution in [3.63, 3.8) is 0 Å². The van der Waals surface area contributed by atoms with E-state index in [0.29, 0.717) is 36.9 Å². The van der Waals surface area contributed by atoms with E-state index in [1.54, 1.807) is 25.1 Å². The molecular formula is C33H43N3O4. The Balaban J connectivity index is 1.75. The lowest BCUT2D eigenvalue weighted by molar-refractivity contribution is -0.127. The van der Waals surface area contributed by atoms with E-state index in [1.807, 2.05) is 93.4 Å². The zero-order chi connectivity index (χ0) is 29.3. The van der Waals surface area contributed by atoms with E-state index in [0.717, 1.165) is 11.1 Å². The van der Waals surface area contributed by atoms with Crippen molar-refractivity contribution < 1.29 is 19.8 Å². The number of hydrogen-bond donors (Lipinski definition) is 4. The Morgan fingerprint density at radius 2 is 1.45 bits per heavy atom. The highest BCUT2D eigenvalue weighted by atomic mass is 16.3. The number of aliphatic hydroxyl groups excluding tert-OH is 1. The Labute approximate surface area is 238 Å². The third kappa shape index (κ3) is 9.21. The van der Waals surface area contributed by atoms with Crippen LogP contribution in [0.4, 0.5) is 0 Å². The van der Waals surface area contributed by atoms with Gasteiger partial charge in [-0.05, 0) is 77.3 Å². The number of carbonyl (C=O) groups is 2. The van der Waals surface area contributed by atoms with Gasteiger partial charge >= 0.3 is 0 Å². The molecule has 0 spiro atoms. The predicted octanol–water partition coefficient (Wildman–Crippen LogP) is 4.25. The molecule has 0 bridgehead atoms. The number of phenols is 1. The standard InChI is InChI=1S/C33H43N3O4/c1-23-26(17-12-18-29(23)37)31(39)34-27(21-24-13-8-6-9-14-24)30(38)19-20-36(5)28(32(40)35-33(2,3)4)22-25-15-10-7-11-16-25/h6-18,27-28,30,37-38H,19-22H2,1-5H3,(H,34,39)(H,35,40)/t27-,28-,30+/m0/s1. The lowest BCUT2D eigenvalue weighted by atomic mass is 9.97. The largest absolute Gasteiger partial charge is 0.508 e. The molecule has 0 fully saturated rings. The quantitative estimate of drug-likeness (QED) is 0.273. The van der Waals surface area contributed by atoms with Crippen LogP contribution >= 0.6 is 0 Å². The number of amides is 2. The lowest BCUT2D eigenvalue weighted by Gasteiger charge is -2.32. The molecule has 0 radical (unpaired) electrons. The molecule has 0 saturated heterocycles. The maximum absolute atomic E-state index is 13.3. The molecular weight excluding hydrogens is 502 g/mol. The Morgan fingerprint density at radius 3 is 2.02 bits per heavy atom. The van der Waals surface area contributed by atoms with Gasteiger partial charge in [0.15, 0.2) is 0 Å². The number of nitrogens with one attached hydrogen (secondary N) is 2. The number of nitrogens with zero attached hydrogens (tertiary/aromatic N) is 1. The lowest BCUT2D eigenvalue weighted by Crippen LogP contribution is -2.53. The molecule has 7 nitrogen and oxygen atoms in total. The SMILES string of the molecule is Cc1c(O)cccc1C(=O)N[C@@H](Cc1ccccc1)[C@H](O)CCN(C)[C@@H](Cc1ccccc1)C(=O)NC(C)(C)C. The summed E-state index contributed by atoms with van der Waals surface area (Å²) in [6.07, 6.45) is 0.456. The molecule has 0 aliphatic carbocycles. The third-order valence-corrected chi connectivity index (χ3v) is 7.01. The number of carbonyl (C=O) groups excluding carboxylic acids is 2. The van der Waals surface area contributed by atoms with Gasteiger partial charge in [0.1, 0.15) is 5.75 Å². The molecule has 3 rings (SSSR count). The van der Waals surface area contributed by atoms with Crippen LogP contribution in [-0.2, 0) is 17.6 Å². The number of likely N-dealkylation sites (N-methyl/N-ethyl adjacent to an activating group) is 1. The van der Waals surface area contributed by atoms with E-state index in [9.17, 15) is 19.8 Å². The van der Waals surface area contributed by atoms with Crippen LogP contribution in [-0.4, -0.2) is 64.2 Å². The summed E-state index contributed by atoms with van der Waals surface area (Å²) in [4.78, 5) is 28.5. The smallest absolute Gasteiger partial charge is 0.252 e. The molecule has 0 aromatic heterocycles. The second-order valence-electron chi connectivity index (χ2n) is 11.5. The van der Waals surface area contributed by atoms with Gasteiger partial charge in [0.25, 0.3) is 5.91 Å². The van der Waals surface area contributed by atoms with E-state index in [1.165, 1.54) is 0 Å². The van der Waals surface area contributed by atoms with Gasteiger partial charge < -0.3 is 20.8 Å². The molecule has 0 saturated carbocycles. The molecule has 0 aliphatic heterocycles. The Bertz CT molecular complexity index is 1240. The van der Waals surface area contributed by atoms with Crippen LogP contribution in [0.25, 0.3) is 0 Å². The average molecular weight is 546 g/mol. The monoisotopic (exact) mass is 545 g/mol. The van der Waals surface area contributed by atoms with Crippen molar-refractivity contribution in [2.45, 2.75) is 70.7 Å². The van der Waals surface area contributed by atoms with E-state index < -0.39 is 18.2 Å². The Hall–Kier alpha value is -3.68. The first-order valence-electron chi connectivity index (χ1n) is 13.8. The molecule has 3 atom stereocenters. The van der Waals surface area contributed by atoms with E-state index in [4.69, 9.17) is 0 Å². The molecule has 7 heteroatoms. The molecule has 2 amide bonds. The summed E-state index contributed by atoms with van der Waals surface area (Å²) in [6.45, 7) is 8.01. The first-order chi connectivity index (χ1) is 18.9. The van der Waals surface area contributed by atoms with Crippen molar-refractivity contribution >= 4 is 11.8 Å². The molecule has 0 heterocycles. The summed E-state index contributed by atoms with van der Waals surface area (Å²) in [7, 11) is 1.89. The van der Waals surface area contributed by atoms with Crippen molar-refractivity contribution in [3.8, 4) is 5.75 Å². The summed E-state index contributed by atoms with van der Waals surface area (Å²) in [5.74, 6) is -0.373. The van der Waals surface area contributed by atoms with Crippen molar-refractivity contribution in [3.05, 3.63) is 101 Å². The molecule has 4 N–H and O–H groups in total. The van der Waals surface area contributed by atoms with Crippen LogP contribution in [0.15, 0.2) is 78.9 Å². The van der Waals surface area contributed by atoms with Crippen LogP contribution in [0, 0.1) is 6.92 Å². The number of phenolic OH excluding ortho intramolecular Hbond substituents is 1. The molecule has 3 aromatic rings. The summed E-state index contributed by atoms with van der Waals surface area (Å²) in [5.41, 5.74) is 2.52. The first kappa shape index (κ1) is 30.9. The first-order valence-corrected chi connectivity index (χ1v) is 13.8. The minimum absolute atomic E-state index is 0.0485. The zero-order valence-corrected chi connectivity index (χ0v) is 24.2. The highest BCUT2D eigenvalue weighted by Gasteiger charge is 2.29. The van der Waals surface area contributed by atoms with Gasteiger partial charge in [-0.1, -0.05) is 66.7 Å². The minimum Gasteiger partial charge on any atom is -0.508 e. The van der Waals surface area contributed by atoms with Crippen LogP contribution < -0.4 is 10.6 Å². The minimum atomic E-state index is -0.868. The fourth-order valence-electron chi connectivity index (χ4n) is 4.70. The second kappa shape index (κ2) is 14.1. The number of aliphatic hydroxyl groups is 1. The summed E-state index contributed by atoms with van der Waals surface area (Å²) < 4.78 is 0. The predicted molar refractivity (Wildman–Crippen MR) is 159 cm³/mol. The van der Waals surface area contributed by atoms with Gasteiger partial charge in [-0.15, -0.1) is 0 Å². The zero-order valence-electron chi connectivity index (χ0n) is 24.2. The molecule has 214 valence electrons. The van der Waals surface area contributed by atoms with Gasteiger partial charge in [-0.25, -0.2) is 0 Å². The van der Waals surface area contributed by atoms with Crippen molar-refractivity contribution in [1.29, 1.82) is 0 Å². The molecule has 0 unspecified atom stereocenters. The fourth-order valence-corrected chi connectivity index (χ4v) is 4.70. The highest BCUT2D eigenvalue weighted by molar-refractivity contribution is 5.96. The number of aromatic hydroxyl groups is 1. The van der Waals surface area contributed by atoms with Crippen molar-refractivity contribution in [2.24, 2.45) is 0 Å². The second-order valence-corrected chi connectivity index (χ2v) is 11.5. The Kier molecular flexibility index (Phi) is 10.9. The van der Waals surface area contributed by atoms with Crippen LogP contribution in [0.2, 0.25) is 0 Å². The van der Waals surface area contributed by atoms with Crippen LogP contribution in [0.3, 0.4) is 0 Å². The Morgan fingerprint density at radius 1 is 0.875 bits per heavy atom. The summed E-state index contributed by atoms with van der Waals surface area (Å²) in [5, 5.41) is 27.5. The number of benzene rings is 3. The highest BCUT2D eigenvalue weighted by Crippen LogP contribution is 2.20. The van der Waals surface area contributed by atoms with Crippen LogP contribution in [0.5, 0.6) is 5.75 Å². The van der Waals surface area contributed by atoms with Crippen LogP contribution in [0.1, 0.15) is 54.2 Å². The topological polar surface area (TPSA) is 102 Å². The summed E-state index contributed by atoms with van der Waals surface area (Å²) >= 11 is 0. The molecule has 40 heavy (non-hydrogen) atoms. The van der Waals surface area contributed by atoms with E-state index >= 15 is 0 Å². The van der Waals surface area contributed by atoms with Gasteiger partial charge in [-0.3, -0.25) is 14.5 Å².